The first-order chi connectivity index (χ1) is 11.0. The molecule has 3 rings (SSSR count). The summed E-state index contributed by atoms with van der Waals surface area (Å²) in [5.41, 5.74) is 2.41. The molecule has 1 amide bonds. The molecule has 0 heterocycles. The third-order valence-corrected chi connectivity index (χ3v) is 4.23. The number of hydrogen-bond acceptors (Lipinski definition) is 2. The molecule has 23 heavy (non-hydrogen) atoms. The lowest BCUT2D eigenvalue weighted by Gasteiger charge is -2.24. The van der Waals surface area contributed by atoms with Crippen LogP contribution in [0.1, 0.15) is 23.6 Å². The number of nitrogens with one attached hydrogen (secondary N) is 1. The molecule has 0 saturated carbocycles. The van der Waals surface area contributed by atoms with Crippen molar-refractivity contribution in [1.29, 1.82) is 0 Å². The van der Waals surface area contributed by atoms with Crippen molar-refractivity contribution in [3.05, 3.63) is 65.2 Å². The highest BCUT2D eigenvalue weighted by Crippen LogP contribution is 2.34. The molecule has 0 bridgehead atoms. The van der Waals surface area contributed by atoms with Crippen molar-refractivity contribution in [3.8, 4) is 0 Å². The standard InChI is InChI=1S/C18H18F2N2O/c1-22(17-9-6-12-4-2-3-5-14(12)17)11-18(23)21-16-10-13(19)7-8-15(16)20/h2-5,7-8,10,17H,6,9,11H2,1H3,(H,21,23)/t17-/m1/s1. The number of hydrogen-bond donors (Lipinski definition) is 1. The van der Waals surface area contributed by atoms with Gasteiger partial charge in [-0.1, -0.05) is 24.3 Å². The lowest BCUT2D eigenvalue weighted by Crippen LogP contribution is -2.32. The summed E-state index contributed by atoms with van der Waals surface area (Å²) in [4.78, 5) is 14.1. The number of aryl methyl sites for hydroxylation is 1. The summed E-state index contributed by atoms with van der Waals surface area (Å²) in [7, 11) is 1.87. The number of anilines is 1. The second kappa shape index (κ2) is 6.46. The van der Waals surface area contributed by atoms with Crippen molar-refractivity contribution in [1.82, 2.24) is 4.90 Å². The van der Waals surface area contributed by atoms with Crippen molar-refractivity contribution in [2.24, 2.45) is 0 Å². The van der Waals surface area contributed by atoms with E-state index in [2.05, 4.69) is 17.4 Å². The molecule has 5 heteroatoms. The van der Waals surface area contributed by atoms with Crippen LogP contribution in [0.5, 0.6) is 0 Å². The predicted molar refractivity (Wildman–Crippen MR) is 85.1 cm³/mol. The second-order valence-corrected chi connectivity index (χ2v) is 5.84. The van der Waals surface area contributed by atoms with E-state index in [1.807, 2.05) is 24.1 Å². The van der Waals surface area contributed by atoms with Gasteiger partial charge in [0, 0.05) is 12.1 Å². The van der Waals surface area contributed by atoms with Gasteiger partial charge >= 0.3 is 0 Å². The minimum atomic E-state index is -0.645. The van der Waals surface area contributed by atoms with E-state index in [4.69, 9.17) is 0 Å². The number of likely N-dealkylation sites (N-methyl/N-ethyl adjacent to an activating group) is 1. The molecule has 3 nitrogen and oxygen atoms in total. The van der Waals surface area contributed by atoms with Gasteiger partial charge in [0.2, 0.25) is 5.91 Å². The van der Waals surface area contributed by atoms with Gasteiger partial charge in [0.05, 0.1) is 12.2 Å². The number of fused-ring (bicyclic) bond motifs is 1. The highest BCUT2D eigenvalue weighted by Gasteiger charge is 2.26. The molecule has 0 aliphatic heterocycles. The zero-order valence-corrected chi connectivity index (χ0v) is 12.9. The lowest BCUT2D eigenvalue weighted by molar-refractivity contribution is -0.117. The first kappa shape index (κ1) is 15.6. The molecule has 120 valence electrons. The van der Waals surface area contributed by atoms with Crippen molar-refractivity contribution < 1.29 is 13.6 Å². The number of benzene rings is 2. The smallest absolute Gasteiger partial charge is 0.238 e. The zero-order valence-electron chi connectivity index (χ0n) is 12.9. The number of halogens is 2. The molecule has 1 atom stereocenters. The van der Waals surface area contributed by atoms with E-state index in [-0.39, 0.29) is 24.2 Å². The molecule has 1 aliphatic carbocycles. The molecule has 0 saturated heterocycles. The predicted octanol–water partition coefficient (Wildman–Crippen LogP) is 3.52. The second-order valence-electron chi connectivity index (χ2n) is 5.84. The van der Waals surface area contributed by atoms with Crippen LogP contribution in [-0.2, 0) is 11.2 Å². The Morgan fingerprint density at radius 2 is 2.04 bits per heavy atom. The van der Waals surface area contributed by atoms with Gasteiger partial charge in [-0.25, -0.2) is 8.78 Å². The Bertz CT molecular complexity index is 733. The lowest BCUT2D eigenvalue weighted by atomic mass is 10.1. The Kier molecular flexibility index (Phi) is 4.39. The van der Waals surface area contributed by atoms with Crippen molar-refractivity contribution >= 4 is 11.6 Å². The Morgan fingerprint density at radius 3 is 2.87 bits per heavy atom. The average Bonchev–Trinajstić information content (AvgIpc) is 2.95. The van der Waals surface area contributed by atoms with Crippen molar-refractivity contribution in [2.45, 2.75) is 18.9 Å². The van der Waals surface area contributed by atoms with Crippen LogP contribution in [0.15, 0.2) is 42.5 Å². The van der Waals surface area contributed by atoms with E-state index in [0.717, 1.165) is 31.0 Å². The van der Waals surface area contributed by atoms with Gasteiger partial charge in [0.15, 0.2) is 0 Å². The maximum absolute atomic E-state index is 13.6. The summed E-state index contributed by atoms with van der Waals surface area (Å²) < 4.78 is 26.7. The summed E-state index contributed by atoms with van der Waals surface area (Å²) >= 11 is 0. The van der Waals surface area contributed by atoms with Gasteiger partial charge in [-0.2, -0.15) is 0 Å². The van der Waals surface area contributed by atoms with E-state index in [0.29, 0.717) is 0 Å². The van der Waals surface area contributed by atoms with Gasteiger partial charge in [-0.05, 0) is 43.1 Å². The fourth-order valence-corrected chi connectivity index (χ4v) is 3.11. The summed E-state index contributed by atoms with van der Waals surface area (Å²) in [6, 6.07) is 11.4. The van der Waals surface area contributed by atoms with E-state index in [1.54, 1.807) is 0 Å². The quantitative estimate of drug-likeness (QED) is 0.936. The molecular weight excluding hydrogens is 298 g/mol. The van der Waals surface area contributed by atoms with E-state index >= 15 is 0 Å². The van der Waals surface area contributed by atoms with Crippen LogP contribution in [0.3, 0.4) is 0 Å². The average molecular weight is 316 g/mol. The van der Waals surface area contributed by atoms with Gasteiger partial charge < -0.3 is 5.32 Å². The monoisotopic (exact) mass is 316 g/mol. The number of amides is 1. The summed E-state index contributed by atoms with van der Waals surface area (Å²) in [6.07, 6.45) is 1.95. The molecule has 0 aromatic heterocycles. The molecule has 0 fully saturated rings. The molecule has 0 spiro atoms. The molecule has 0 unspecified atom stereocenters. The molecular formula is C18H18F2N2O. The minimum absolute atomic E-state index is 0.120. The number of carbonyl (C=O) groups is 1. The first-order valence-corrected chi connectivity index (χ1v) is 7.57. The number of nitrogens with zero attached hydrogens (tertiary/aromatic N) is 1. The third-order valence-electron chi connectivity index (χ3n) is 4.23. The normalized spacial score (nSPS) is 16.4. The van der Waals surface area contributed by atoms with Crippen molar-refractivity contribution in [2.75, 3.05) is 18.9 Å². The fraction of sp³-hybridized carbons (Fsp3) is 0.278. The van der Waals surface area contributed by atoms with Crippen LogP contribution in [0.4, 0.5) is 14.5 Å². The molecule has 2 aromatic rings. The van der Waals surface area contributed by atoms with Crippen LogP contribution in [-0.4, -0.2) is 24.4 Å². The Morgan fingerprint density at radius 1 is 1.26 bits per heavy atom. The van der Waals surface area contributed by atoms with Crippen LogP contribution in [0, 0.1) is 11.6 Å². The van der Waals surface area contributed by atoms with Gasteiger partial charge in [0.25, 0.3) is 0 Å². The molecule has 1 N–H and O–H groups in total. The van der Waals surface area contributed by atoms with Crippen LogP contribution < -0.4 is 5.32 Å². The summed E-state index contributed by atoms with van der Waals surface area (Å²) in [5.74, 6) is -1.59. The highest BCUT2D eigenvalue weighted by molar-refractivity contribution is 5.92. The topological polar surface area (TPSA) is 32.3 Å². The number of rotatable bonds is 4. The van der Waals surface area contributed by atoms with Crippen LogP contribution >= 0.6 is 0 Å². The van der Waals surface area contributed by atoms with Crippen LogP contribution in [0.25, 0.3) is 0 Å². The Hall–Kier alpha value is -2.27. The summed E-state index contributed by atoms with van der Waals surface area (Å²) in [5, 5.41) is 2.43. The first-order valence-electron chi connectivity index (χ1n) is 7.57. The van der Waals surface area contributed by atoms with E-state index < -0.39 is 11.6 Å². The minimum Gasteiger partial charge on any atom is -0.322 e. The maximum Gasteiger partial charge on any atom is 0.238 e. The van der Waals surface area contributed by atoms with E-state index in [9.17, 15) is 13.6 Å². The van der Waals surface area contributed by atoms with Gasteiger partial charge in [-0.3, -0.25) is 9.69 Å². The van der Waals surface area contributed by atoms with Crippen molar-refractivity contribution in [3.63, 3.8) is 0 Å². The van der Waals surface area contributed by atoms with Gasteiger partial charge in [0.1, 0.15) is 11.6 Å². The number of carbonyl (C=O) groups excluding carboxylic acids is 1. The molecule has 0 radical (unpaired) electrons. The highest BCUT2D eigenvalue weighted by atomic mass is 19.1. The summed E-state index contributed by atoms with van der Waals surface area (Å²) in [6.45, 7) is 0.120. The Balaban J connectivity index is 1.65. The Labute approximate surface area is 133 Å². The largest absolute Gasteiger partial charge is 0.322 e. The third kappa shape index (κ3) is 3.40. The maximum atomic E-state index is 13.6. The van der Waals surface area contributed by atoms with E-state index in [1.165, 1.54) is 11.1 Å². The molecule has 1 aliphatic rings. The zero-order chi connectivity index (χ0) is 16.4. The fourth-order valence-electron chi connectivity index (χ4n) is 3.11. The molecule has 2 aromatic carbocycles. The van der Waals surface area contributed by atoms with Gasteiger partial charge in [-0.15, -0.1) is 0 Å². The SMILES string of the molecule is CN(CC(=O)Nc1cc(F)ccc1F)[C@@H]1CCc2ccccc21. The van der Waals surface area contributed by atoms with Crippen LogP contribution in [0.2, 0.25) is 0 Å².